The van der Waals surface area contributed by atoms with Crippen LogP contribution in [0.1, 0.15) is 44.1 Å². The lowest BCUT2D eigenvalue weighted by Crippen LogP contribution is -2.34. The van der Waals surface area contributed by atoms with Gasteiger partial charge >= 0.3 is 0 Å². The first-order valence-corrected chi connectivity index (χ1v) is 7.30. The van der Waals surface area contributed by atoms with Crippen molar-refractivity contribution in [1.29, 1.82) is 0 Å². The van der Waals surface area contributed by atoms with Crippen molar-refractivity contribution in [3.8, 4) is 0 Å². The summed E-state index contributed by atoms with van der Waals surface area (Å²) in [6, 6.07) is 9.14. The Balaban J connectivity index is 1.69. The van der Waals surface area contributed by atoms with E-state index in [0.29, 0.717) is 0 Å². The molecule has 0 spiro atoms. The highest BCUT2D eigenvalue weighted by Crippen LogP contribution is 2.21. The van der Waals surface area contributed by atoms with Crippen LogP contribution < -0.4 is 5.73 Å². The van der Waals surface area contributed by atoms with Crippen molar-refractivity contribution in [3.63, 3.8) is 0 Å². The monoisotopic (exact) mass is 246 g/mol. The van der Waals surface area contributed by atoms with Gasteiger partial charge in [0.15, 0.2) is 0 Å². The molecule has 1 aliphatic rings. The van der Waals surface area contributed by atoms with Crippen LogP contribution in [0.3, 0.4) is 0 Å². The van der Waals surface area contributed by atoms with Crippen LogP contribution in [-0.2, 0) is 6.42 Å². The average molecular weight is 246 g/mol. The summed E-state index contributed by atoms with van der Waals surface area (Å²) < 4.78 is 0. The minimum atomic E-state index is 0.838. The van der Waals surface area contributed by atoms with E-state index in [1.165, 1.54) is 50.6 Å². The van der Waals surface area contributed by atoms with Crippen molar-refractivity contribution in [2.45, 2.75) is 51.0 Å². The summed E-state index contributed by atoms with van der Waals surface area (Å²) in [4.78, 5) is 2.57. The van der Waals surface area contributed by atoms with Gasteiger partial charge in [-0.05, 0) is 57.0 Å². The molecule has 0 radical (unpaired) electrons. The smallest absolute Gasteiger partial charge is 0.0314 e. The van der Waals surface area contributed by atoms with Crippen molar-refractivity contribution in [2.24, 2.45) is 0 Å². The Morgan fingerprint density at radius 3 is 2.44 bits per heavy atom. The summed E-state index contributed by atoms with van der Waals surface area (Å²) in [5, 5.41) is 0. The molecule has 0 unspecified atom stereocenters. The van der Waals surface area contributed by atoms with Gasteiger partial charge in [-0.3, -0.25) is 0 Å². The second kappa shape index (κ2) is 6.79. The molecule has 1 fully saturated rings. The first kappa shape index (κ1) is 13.4. The van der Waals surface area contributed by atoms with E-state index in [2.05, 4.69) is 24.1 Å². The average Bonchev–Trinajstić information content (AvgIpc) is 2.42. The van der Waals surface area contributed by atoms with E-state index in [0.717, 1.165) is 18.2 Å². The fourth-order valence-electron chi connectivity index (χ4n) is 2.92. The van der Waals surface area contributed by atoms with Gasteiger partial charge in [0.05, 0.1) is 0 Å². The molecule has 2 heteroatoms. The predicted molar refractivity (Wildman–Crippen MR) is 78.7 cm³/mol. The van der Waals surface area contributed by atoms with Gasteiger partial charge in [-0.1, -0.05) is 31.4 Å². The Morgan fingerprint density at radius 2 is 1.78 bits per heavy atom. The normalized spacial score (nSPS) is 17.2. The van der Waals surface area contributed by atoms with E-state index in [4.69, 9.17) is 5.73 Å². The minimum Gasteiger partial charge on any atom is -0.399 e. The topological polar surface area (TPSA) is 29.3 Å². The van der Waals surface area contributed by atoms with E-state index >= 15 is 0 Å². The number of nitrogen functional groups attached to an aromatic ring is 1. The molecule has 18 heavy (non-hydrogen) atoms. The van der Waals surface area contributed by atoms with Crippen LogP contribution in [0.15, 0.2) is 24.3 Å². The van der Waals surface area contributed by atoms with E-state index in [1.807, 2.05) is 12.1 Å². The van der Waals surface area contributed by atoms with Crippen LogP contribution in [0.5, 0.6) is 0 Å². The largest absolute Gasteiger partial charge is 0.399 e. The molecular formula is C16H26N2. The number of aryl methyl sites for hydroxylation is 1. The standard InChI is InChI=1S/C16H26N2/c1-18(16-7-3-2-4-8-16)13-5-6-14-9-11-15(17)12-10-14/h9-12,16H,2-8,13,17H2,1H3. The highest BCUT2D eigenvalue weighted by atomic mass is 15.1. The predicted octanol–water partition coefficient (Wildman–Crippen LogP) is 3.47. The van der Waals surface area contributed by atoms with Crippen LogP contribution in [0, 0.1) is 0 Å². The maximum absolute atomic E-state index is 5.69. The molecule has 1 saturated carbocycles. The summed E-state index contributed by atoms with van der Waals surface area (Å²) >= 11 is 0. The van der Waals surface area contributed by atoms with Gasteiger partial charge in [0.2, 0.25) is 0 Å². The lowest BCUT2D eigenvalue weighted by Gasteiger charge is -2.31. The summed E-state index contributed by atoms with van der Waals surface area (Å²) in [7, 11) is 2.29. The van der Waals surface area contributed by atoms with Crippen LogP contribution in [0.25, 0.3) is 0 Å². The van der Waals surface area contributed by atoms with Gasteiger partial charge < -0.3 is 10.6 Å². The van der Waals surface area contributed by atoms with Crippen molar-refractivity contribution < 1.29 is 0 Å². The van der Waals surface area contributed by atoms with E-state index in [9.17, 15) is 0 Å². The van der Waals surface area contributed by atoms with Crippen LogP contribution in [-0.4, -0.2) is 24.5 Å². The molecule has 0 amide bonds. The van der Waals surface area contributed by atoms with Gasteiger partial charge in [-0.2, -0.15) is 0 Å². The molecule has 0 bridgehead atoms. The molecule has 2 nitrogen and oxygen atoms in total. The molecule has 0 aromatic heterocycles. The molecule has 1 aromatic carbocycles. The number of hydrogen-bond donors (Lipinski definition) is 1. The number of benzene rings is 1. The molecule has 1 aliphatic carbocycles. The number of hydrogen-bond acceptors (Lipinski definition) is 2. The second-order valence-corrected chi connectivity index (χ2v) is 5.62. The fourth-order valence-corrected chi connectivity index (χ4v) is 2.92. The molecule has 0 aliphatic heterocycles. The summed E-state index contributed by atoms with van der Waals surface area (Å²) in [5.74, 6) is 0. The third-order valence-corrected chi connectivity index (χ3v) is 4.15. The SMILES string of the molecule is CN(CCCc1ccc(N)cc1)C1CCCCC1. The molecule has 2 rings (SSSR count). The second-order valence-electron chi connectivity index (χ2n) is 5.62. The maximum atomic E-state index is 5.69. The van der Waals surface area contributed by atoms with Crippen molar-refractivity contribution >= 4 is 5.69 Å². The number of nitrogens with zero attached hydrogens (tertiary/aromatic N) is 1. The Labute approximate surface area is 111 Å². The summed E-state index contributed by atoms with van der Waals surface area (Å²) in [5.41, 5.74) is 7.96. The summed E-state index contributed by atoms with van der Waals surface area (Å²) in [6.07, 6.45) is 9.50. The van der Waals surface area contributed by atoms with Gasteiger partial charge in [0, 0.05) is 11.7 Å². The zero-order chi connectivity index (χ0) is 12.8. The molecule has 2 N–H and O–H groups in total. The third-order valence-electron chi connectivity index (χ3n) is 4.15. The maximum Gasteiger partial charge on any atom is 0.0314 e. The van der Waals surface area contributed by atoms with Crippen molar-refractivity contribution in [3.05, 3.63) is 29.8 Å². The molecule has 1 aromatic rings. The zero-order valence-corrected chi connectivity index (χ0v) is 11.6. The van der Waals surface area contributed by atoms with E-state index < -0.39 is 0 Å². The minimum absolute atomic E-state index is 0.838. The number of anilines is 1. The van der Waals surface area contributed by atoms with Crippen LogP contribution in [0.2, 0.25) is 0 Å². The van der Waals surface area contributed by atoms with Crippen LogP contribution >= 0.6 is 0 Å². The van der Waals surface area contributed by atoms with Gasteiger partial charge in [0.1, 0.15) is 0 Å². The molecule has 100 valence electrons. The van der Waals surface area contributed by atoms with Crippen LogP contribution in [0.4, 0.5) is 5.69 Å². The number of nitrogens with two attached hydrogens (primary N) is 1. The Bertz CT molecular complexity index is 339. The van der Waals surface area contributed by atoms with Crippen molar-refractivity contribution in [2.75, 3.05) is 19.3 Å². The lowest BCUT2D eigenvalue weighted by atomic mass is 9.94. The first-order chi connectivity index (χ1) is 8.75. The summed E-state index contributed by atoms with van der Waals surface area (Å²) in [6.45, 7) is 1.22. The Kier molecular flexibility index (Phi) is 5.06. The highest BCUT2D eigenvalue weighted by molar-refractivity contribution is 5.39. The third kappa shape index (κ3) is 4.02. The lowest BCUT2D eigenvalue weighted by molar-refractivity contribution is 0.190. The van der Waals surface area contributed by atoms with Crippen molar-refractivity contribution in [1.82, 2.24) is 4.90 Å². The number of rotatable bonds is 5. The van der Waals surface area contributed by atoms with Gasteiger partial charge in [0.25, 0.3) is 0 Å². The molecule has 0 atom stereocenters. The first-order valence-electron chi connectivity index (χ1n) is 7.30. The van der Waals surface area contributed by atoms with Gasteiger partial charge in [-0.15, -0.1) is 0 Å². The van der Waals surface area contributed by atoms with Gasteiger partial charge in [-0.25, -0.2) is 0 Å². The van der Waals surface area contributed by atoms with E-state index in [1.54, 1.807) is 0 Å². The Morgan fingerprint density at radius 1 is 1.11 bits per heavy atom. The molecular weight excluding hydrogens is 220 g/mol. The molecule has 0 heterocycles. The van der Waals surface area contributed by atoms with E-state index in [-0.39, 0.29) is 0 Å². The zero-order valence-electron chi connectivity index (χ0n) is 11.6. The molecule has 0 saturated heterocycles. The fraction of sp³-hybridized carbons (Fsp3) is 0.625. The quantitative estimate of drug-likeness (QED) is 0.806. The highest BCUT2D eigenvalue weighted by Gasteiger charge is 2.17. The Hall–Kier alpha value is -1.02.